The molecule has 0 aliphatic heterocycles. The molecule has 1 N–H and O–H groups in total. The van der Waals surface area contributed by atoms with Crippen LogP contribution < -0.4 is 5.32 Å². The summed E-state index contributed by atoms with van der Waals surface area (Å²) in [6, 6.07) is 17.6. The lowest BCUT2D eigenvalue weighted by Crippen LogP contribution is -2.06. The number of carbonyl (C=O) groups excluding carboxylic acids is 1. The molecule has 0 atom stereocenters. The van der Waals surface area contributed by atoms with Crippen molar-refractivity contribution in [2.24, 2.45) is 0 Å². The Labute approximate surface area is 134 Å². The number of hydrogen-bond donors (Lipinski definition) is 1. The predicted molar refractivity (Wildman–Crippen MR) is 89.8 cm³/mol. The van der Waals surface area contributed by atoms with E-state index in [0.29, 0.717) is 12.2 Å². The lowest BCUT2D eigenvalue weighted by Gasteiger charge is -2.03. The predicted octanol–water partition coefficient (Wildman–Crippen LogP) is 3.12. The van der Waals surface area contributed by atoms with Crippen LogP contribution in [-0.4, -0.2) is 20.9 Å². The Morgan fingerprint density at radius 1 is 1.17 bits per heavy atom. The van der Waals surface area contributed by atoms with E-state index in [-0.39, 0.29) is 5.91 Å². The molecule has 0 spiro atoms. The Balaban J connectivity index is 1.79. The molecule has 5 nitrogen and oxygen atoms in total. The van der Waals surface area contributed by atoms with E-state index < -0.39 is 0 Å². The first-order chi connectivity index (χ1) is 11.2. The van der Waals surface area contributed by atoms with Crippen molar-refractivity contribution in [3.8, 4) is 11.3 Å². The number of hydrogen-bond acceptors (Lipinski definition) is 3. The highest BCUT2D eigenvalue weighted by Gasteiger charge is 2.06. The second-order valence-corrected chi connectivity index (χ2v) is 5.06. The van der Waals surface area contributed by atoms with E-state index in [1.165, 1.54) is 6.08 Å². The van der Waals surface area contributed by atoms with Crippen LogP contribution in [0.3, 0.4) is 0 Å². The van der Waals surface area contributed by atoms with Crippen LogP contribution >= 0.6 is 0 Å². The van der Waals surface area contributed by atoms with Gasteiger partial charge in [-0.2, -0.15) is 0 Å². The molecule has 0 radical (unpaired) electrons. The quantitative estimate of drug-likeness (QED) is 0.737. The van der Waals surface area contributed by atoms with Gasteiger partial charge in [0.2, 0.25) is 5.91 Å². The molecule has 0 saturated carbocycles. The van der Waals surface area contributed by atoms with Gasteiger partial charge in [0.25, 0.3) is 0 Å². The third-order valence-corrected chi connectivity index (χ3v) is 3.34. The Kier molecular flexibility index (Phi) is 4.29. The van der Waals surface area contributed by atoms with E-state index in [0.717, 1.165) is 16.8 Å². The van der Waals surface area contributed by atoms with E-state index in [1.54, 1.807) is 4.68 Å². The van der Waals surface area contributed by atoms with Crippen molar-refractivity contribution in [3.05, 3.63) is 79.0 Å². The van der Waals surface area contributed by atoms with Gasteiger partial charge >= 0.3 is 0 Å². The monoisotopic (exact) mass is 304 g/mol. The lowest BCUT2D eigenvalue weighted by atomic mass is 10.1. The first-order valence-electron chi connectivity index (χ1n) is 7.22. The fourth-order valence-electron chi connectivity index (χ4n) is 2.23. The average molecular weight is 304 g/mol. The average Bonchev–Trinajstić information content (AvgIpc) is 3.04. The van der Waals surface area contributed by atoms with E-state index in [1.807, 2.05) is 60.8 Å². The minimum atomic E-state index is -0.241. The first kappa shape index (κ1) is 14.7. The number of amides is 1. The molecule has 1 amide bonds. The van der Waals surface area contributed by atoms with E-state index in [2.05, 4.69) is 22.2 Å². The zero-order valence-corrected chi connectivity index (χ0v) is 12.5. The van der Waals surface area contributed by atoms with Crippen molar-refractivity contribution in [3.63, 3.8) is 0 Å². The van der Waals surface area contributed by atoms with Crippen LogP contribution in [0.5, 0.6) is 0 Å². The van der Waals surface area contributed by atoms with Gasteiger partial charge < -0.3 is 5.32 Å². The van der Waals surface area contributed by atoms with E-state index in [4.69, 9.17) is 0 Å². The number of anilines is 1. The molecular weight excluding hydrogens is 288 g/mol. The van der Waals surface area contributed by atoms with Crippen LogP contribution in [-0.2, 0) is 11.3 Å². The topological polar surface area (TPSA) is 59.8 Å². The zero-order valence-electron chi connectivity index (χ0n) is 12.5. The number of nitrogens with zero attached hydrogens (tertiary/aromatic N) is 3. The Hall–Kier alpha value is -3.21. The van der Waals surface area contributed by atoms with Crippen LogP contribution in [0.25, 0.3) is 11.3 Å². The Morgan fingerprint density at radius 3 is 2.78 bits per heavy atom. The second-order valence-electron chi connectivity index (χ2n) is 5.06. The second kappa shape index (κ2) is 6.70. The van der Waals surface area contributed by atoms with Crippen LogP contribution in [0.4, 0.5) is 5.69 Å². The molecule has 0 bridgehead atoms. The van der Waals surface area contributed by atoms with E-state index in [9.17, 15) is 4.79 Å². The van der Waals surface area contributed by atoms with Crippen LogP contribution in [0.1, 0.15) is 5.56 Å². The molecule has 0 unspecified atom stereocenters. The summed E-state index contributed by atoms with van der Waals surface area (Å²) in [6.45, 7) is 4.11. The van der Waals surface area contributed by atoms with Crippen LogP contribution in [0.2, 0.25) is 0 Å². The minimum Gasteiger partial charge on any atom is -0.323 e. The van der Waals surface area contributed by atoms with Gasteiger partial charge in [-0.25, -0.2) is 4.68 Å². The fourth-order valence-corrected chi connectivity index (χ4v) is 2.23. The number of benzene rings is 2. The van der Waals surface area contributed by atoms with Crippen LogP contribution in [0.15, 0.2) is 73.4 Å². The molecule has 114 valence electrons. The van der Waals surface area contributed by atoms with Crippen molar-refractivity contribution in [2.75, 3.05) is 5.32 Å². The zero-order chi connectivity index (χ0) is 16.1. The summed E-state index contributed by atoms with van der Waals surface area (Å²) in [5.41, 5.74) is 3.52. The molecule has 2 aromatic carbocycles. The molecule has 0 aliphatic rings. The first-order valence-corrected chi connectivity index (χ1v) is 7.22. The molecule has 0 aliphatic carbocycles. The Morgan fingerprint density at radius 2 is 2.00 bits per heavy atom. The van der Waals surface area contributed by atoms with Gasteiger partial charge in [-0.15, -0.1) is 5.10 Å². The Bertz CT molecular complexity index is 824. The summed E-state index contributed by atoms with van der Waals surface area (Å²) in [5, 5.41) is 11.1. The molecule has 1 heterocycles. The smallest absolute Gasteiger partial charge is 0.247 e. The normalized spacial score (nSPS) is 10.3. The van der Waals surface area contributed by atoms with Gasteiger partial charge in [0.1, 0.15) is 5.69 Å². The highest BCUT2D eigenvalue weighted by molar-refractivity contribution is 5.99. The van der Waals surface area contributed by atoms with Crippen LogP contribution in [0, 0.1) is 0 Å². The lowest BCUT2D eigenvalue weighted by molar-refractivity contribution is -0.111. The van der Waals surface area contributed by atoms with Crippen molar-refractivity contribution in [1.29, 1.82) is 0 Å². The highest BCUT2D eigenvalue weighted by atomic mass is 16.1. The number of nitrogens with one attached hydrogen (secondary N) is 1. The summed E-state index contributed by atoms with van der Waals surface area (Å²) in [7, 11) is 0. The highest BCUT2D eigenvalue weighted by Crippen LogP contribution is 2.20. The third-order valence-electron chi connectivity index (χ3n) is 3.34. The maximum atomic E-state index is 11.4. The molecular formula is C18H16N4O. The maximum absolute atomic E-state index is 11.4. The maximum Gasteiger partial charge on any atom is 0.247 e. The van der Waals surface area contributed by atoms with Crippen molar-refractivity contribution >= 4 is 11.6 Å². The van der Waals surface area contributed by atoms with Crippen molar-refractivity contribution < 1.29 is 4.79 Å². The minimum absolute atomic E-state index is 0.241. The van der Waals surface area contributed by atoms with Gasteiger partial charge in [0.05, 0.1) is 12.7 Å². The fraction of sp³-hybridized carbons (Fsp3) is 0.0556. The van der Waals surface area contributed by atoms with Gasteiger partial charge in [-0.3, -0.25) is 4.79 Å². The van der Waals surface area contributed by atoms with Gasteiger partial charge in [0.15, 0.2) is 0 Å². The summed E-state index contributed by atoms with van der Waals surface area (Å²) in [4.78, 5) is 11.4. The standard InChI is InChI=1S/C18H16N4O/c1-2-18(23)19-16-10-6-9-15(11-16)17-13-22(21-20-17)12-14-7-4-3-5-8-14/h2-11,13H,1,12H2,(H,19,23). The molecule has 23 heavy (non-hydrogen) atoms. The summed E-state index contributed by atoms with van der Waals surface area (Å²) < 4.78 is 1.79. The SMILES string of the molecule is C=CC(=O)Nc1cccc(-c2cn(Cc3ccccc3)nn2)c1. The number of carbonyl (C=O) groups is 1. The van der Waals surface area contributed by atoms with Gasteiger partial charge in [-0.05, 0) is 23.8 Å². The number of aromatic nitrogens is 3. The summed E-state index contributed by atoms with van der Waals surface area (Å²) >= 11 is 0. The van der Waals surface area contributed by atoms with Crippen molar-refractivity contribution in [2.45, 2.75) is 6.54 Å². The third kappa shape index (κ3) is 3.71. The summed E-state index contributed by atoms with van der Waals surface area (Å²) in [6.07, 6.45) is 3.13. The van der Waals surface area contributed by atoms with Gasteiger partial charge in [0, 0.05) is 11.3 Å². The molecule has 0 fully saturated rings. The summed E-state index contributed by atoms with van der Waals surface area (Å²) in [5.74, 6) is -0.241. The molecule has 1 aromatic heterocycles. The number of rotatable bonds is 5. The molecule has 3 rings (SSSR count). The van der Waals surface area contributed by atoms with E-state index >= 15 is 0 Å². The largest absolute Gasteiger partial charge is 0.323 e. The van der Waals surface area contributed by atoms with Crippen molar-refractivity contribution in [1.82, 2.24) is 15.0 Å². The molecule has 3 aromatic rings. The van der Waals surface area contributed by atoms with Gasteiger partial charge in [-0.1, -0.05) is 54.3 Å². The molecule has 0 saturated heterocycles. The molecule has 5 heteroatoms.